The Hall–Kier alpha value is -5.66. The highest BCUT2D eigenvalue weighted by Crippen LogP contribution is 2.48. The van der Waals surface area contributed by atoms with Crippen LogP contribution in [0, 0.1) is 6.92 Å². The van der Waals surface area contributed by atoms with Crippen molar-refractivity contribution in [3.8, 4) is 0 Å². The molecule has 2 heterocycles. The Morgan fingerprint density at radius 2 is 1.35 bits per heavy atom. The highest BCUT2D eigenvalue weighted by Gasteiger charge is 2.42. The van der Waals surface area contributed by atoms with E-state index in [9.17, 15) is 13.2 Å². The monoisotopic (exact) mass is 663 g/mol. The minimum atomic E-state index is -4.23. The molecule has 5 aromatic carbocycles. The predicted octanol–water partition coefficient (Wildman–Crippen LogP) is 8.62. The number of likely N-dealkylation sites (N-methyl/N-ethyl adjacent to an activating group) is 1. The lowest BCUT2D eigenvalue weighted by Gasteiger charge is -2.25. The summed E-state index contributed by atoms with van der Waals surface area (Å²) < 4.78 is 29.3. The van der Waals surface area contributed by atoms with Gasteiger partial charge in [0.25, 0.3) is 15.9 Å². The molecule has 0 spiro atoms. The van der Waals surface area contributed by atoms with Gasteiger partial charge in [-0.2, -0.15) is 4.31 Å². The number of benzene rings is 5. The molecule has 2 aliphatic rings. The number of hydrogen-bond donors (Lipinski definition) is 1. The standard InChI is InChI=1S/C42H37N3O3S/c1-28-18-24-33(25-19-28)49(47,48)45-37-16-10-8-14-34(37)40(41(45)46)35(30-12-6-5-7-13-30)26-31(29-20-22-32(43)23-21-29)27-39-42(2,3)36-15-9-11-17-38(36)44(39)4/h5-27H,43H2,1-4H3/b31-26+,39-27+,40-35-. The van der Waals surface area contributed by atoms with Crippen molar-refractivity contribution >= 4 is 49.7 Å². The Kier molecular flexibility index (Phi) is 7.88. The number of hydrogen-bond acceptors (Lipinski definition) is 5. The Morgan fingerprint density at radius 1 is 0.735 bits per heavy atom. The fourth-order valence-electron chi connectivity index (χ4n) is 6.87. The molecule has 0 radical (unpaired) electrons. The third kappa shape index (κ3) is 5.46. The van der Waals surface area contributed by atoms with Crippen LogP contribution in [-0.4, -0.2) is 21.4 Å². The normalized spacial score (nSPS) is 17.3. The van der Waals surface area contributed by atoms with E-state index in [0.29, 0.717) is 28.1 Å². The largest absolute Gasteiger partial charge is 0.399 e. The summed E-state index contributed by atoms with van der Waals surface area (Å²) in [6, 6.07) is 39.4. The number of nitrogens with two attached hydrogens (primary N) is 1. The summed E-state index contributed by atoms with van der Waals surface area (Å²) in [4.78, 5) is 17.0. The van der Waals surface area contributed by atoms with Gasteiger partial charge in [-0.25, -0.2) is 8.42 Å². The smallest absolute Gasteiger partial charge is 0.273 e. The van der Waals surface area contributed by atoms with Crippen molar-refractivity contribution in [1.82, 2.24) is 0 Å². The van der Waals surface area contributed by atoms with Crippen LogP contribution in [0.15, 0.2) is 150 Å². The summed E-state index contributed by atoms with van der Waals surface area (Å²) in [5.41, 5.74) is 15.1. The molecule has 0 saturated heterocycles. The molecule has 0 fully saturated rings. The molecule has 0 aromatic heterocycles. The van der Waals surface area contributed by atoms with Crippen LogP contribution in [0.2, 0.25) is 0 Å². The van der Waals surface area contributed by atoms with Gasteiger partial charge >= 0.3 is 0 Å². The second-order valence-electron chi connectivity index (χ2n) is 13.0. The zero-order valence-electron chi connectivity index (χ0n) is 27.9. The zero-order valence-corrected chi connectivity index (χ0v) is 28.7. The zero-order chi connectivity index (χ0) is 34.5. The number of carbonyl (C=O) groups is 1. The second kappa shape index (κ2) is 12.1. The molecule has 0 saturated carbocycles. The topological polar surface area (TPSA) is 83.7 Å². The number of amides is 1. The Balaban J connectivity index is 1.50. The van der Waals surface area contributed by atoms with Gasteiger partial charge in [0.2, 0.25) is 0 Å². The van der Waals surface area contributed by atoms with Crippen LogP contribution < -0.4 is 14.9 Å². The highest BCUT2D eigenvalue weighted by molar-refractivity contribution is 7.93. The Bertz CT molecular complexity index is 2300. The maximum atomic E-state index is 14.7. The van der Waals surface area contributed by atoms with Crippen molar-refractivity contribution in [3.63, 3.8) is 0 Å². The molecule has 0 unspecified atom stereocenters. The molecule has 6 nitrogen and oxygen atoms in total. The van der Waals surface area contributed by atoms with E-state index in [-0.39, 0.29) is 10.3 Å². The minimum absolute atomic E-state index is 0.0534. The van der Waals surface area contributed by atoms with Crippen LogP contribution in [0.3, 0.4) is 0 Å². The Morgan fingerprint density at radius 3 is 2.02 bits per heavy atom. The first-order valence-electron chi connectivity index (χ1n) is 16.2. The lowest BCUT2D eigenvalue weighted by atomic mass is 9.82. The predicted molar refractivity (Wildman–Crippen MR) is 200 cm³/mol. The van der Waals surface area contributed by atoms with E-state index in [4.69, 9.17) is 5.73 Å². The number of para-hydroxylation sites is 2. The van der Waals surface area contributed by atoms with E-state index in [1.165, 1.54) is 5.56 Å². The fraction of sp³-hybridized carbons (Fsp3) is 0.119. The fourth-order valence-corrected chi connectivity index (χ4v) is 8.28. The molecule has 244 valence electrons. The summed E-state index contributed by atoms with van der Waals surface area (Å²) in [5.74, 6) is -0.605. The van der Waals surface area contributed by atoms with Crippen LogP contribution in [0.5, 0.6) is 0 Å². The van der Waals surface area contributed by atoms with Gasteiger partial charge in [0.05, 0.1) is 16.2 Å². The quantitative estimate of drug-likeness (QED) is 0.145. The van der Waals surface area contributed by atoms with Crippen LogP contribution in [0.1, 0.15) is 41.7 Å². The summed E-state index contributed by atoms with van der Waals surface area (Å²) in [6.07, 6.45) is 4.17. The maximum absolute atomic E-state index is 14.7. The van der Waals surface area contributed by atoms with E-state index in [2.05, 4.69) is 50.1 Å². The van der Waals surface area contributed by atoms with E-state index >= 15 is 0 Å². The van der Waals surface area contributed by atoms with Crippen LogP contribution in [0.4, 0.5) is 17.1 Å². The number of nitrogen functional groups attached to an aromatic ring is 1. The van der Waals surface area contributed by atoms with E-state index < -0.39 is 15.9 Å². The molecular weight excluding hydrogens is 627 g/mol. The number of aryl methyl sites for hydroxylation is 1. The Labute approximate surface area is 288 Å². The number of sulfonamides is 1. The maximum Gasteiger partial charge on any atom is 0.273 e. The molecule has 2 N–H and O–H groups in total. The minimum Gasteiger partial charge on any atom is -0.399 e. The first kappa shape index (κ1) is 31.9. The number of carbonyl (C=O) groups excluding carboxylic acids is 1. The first-order valence-corrected chi connectivity index (χ1v) is 17.6. The molecule has 0 bridgehead atoms. The molecule has 7 heteroatoms. The van der Waals surface area contributed by atoms with Gasteiger partial charge in [-0.05, 0) is 83.3 Å². The third-order valence-corrected chi connectivity index (χ3v) is 11.2. The van der Waals surface area contributed by atoms with E-state index in [1.807, 2.05) is 85.8 Å². The van der Waals surface area contributed by atoms with Gasteiger partial charge in [-0.3, -0.25) is 4.79 Å². The van der Waals surface area contributed by atoms with Gasteiger partial charge < -0.3 is 10.6 Å². The lowest BCUT2D eigenvalue weighted by molar-refractivity contribution is -0.111. The molecule has 49 heavy (non-hydrogen) atoms. The number of anilines is 3. The molecular formula is C42H37N3O3S. The van der Waals surface area contributed by atoms with Gasteiger partial charge in [-0.1, -0.05) is 110 Å². The van der Waals surface area contributed by atoms with Crippen LogP contribution in [-0.2, 0) is 20.2 Å². The van der Waals surface area contributed by atoms with Crippen molar-refractivity contribution in [2.24, 2.45) is 0 Å². The molecule has 0 atom stereocenters. The van der Waals surface area contributed by atoms with E-state index in [0.717, 1.165) is 38.0 Å². The number of rotatable bonds is 6. The number of nitrogens with zero attached hydrogens (tertiary/aromatic N) is 2. The average Bonchev–Trinajstić information content (AvgIpc) is 3.50. The summed E-state index contributed by atoms with van der Waals surface area (Å²) in [5, 5.41) is 0. The van der Waals surface area contributed by atoms with Crippen LogP contribution >= 0.6 is 0 Å². The number of allylic oxidation sites excluding steroid dienone is 5. The summed E-state index contributed by atoms with van der Waals surface area (Å²) in [7, 11) is -2.16. The van der Waals surface area contributed by atoms with Crippen LogP contribution in [0.25, 0.3) is 16.7 Å². The SMILES string of the molecule is Cc1ccc(S(=O)(=O)N2C(=O)/C(=C(/C=C(\C=C3\N(C)c4ccccc4C3(C)C)c3ccc(N)cc3)c3ccccc3)c3ccccc32)cc1. The van der Waals surface area contributed by atoms with Gasteiger partial charge in [0.15, 0.2) is 0 Å². The molecule has 7 rings (SSSR count). The first-order chi connectivity index (χ1) is 23.5. The van der Waals surface area contributed by atoms with E-state index in [1.54, 1.807) is 36.4 Å². The van der Waals surface area contributed by atoms with Crippen molar-refractivity contribution in [2.75, 3.05) is 22.0 Å². The molecule has 2 aliphatic heterocycles. The third-order valence-electron chi connectivity index (χ3n) is 9.48. The lowest BCUT2D eigenvalue weighted by Crippen LogP contribution is -2.33. The highest BCUT2D eigenvalue weighted by atomic mass is 32.2. The van der Waals surface area contributed by atoms with Crippen molar-refractivity contribution in [2.45, 2.75) is 31.1 Å². The van der Waals surface area contributed by atoms with Gasteiger partial charge in [0.1, 0.15) is 0 Å². The second-order valence-corrected chi connectivity index (χ2v) is 14.8. The van der Waals surface area contributed by atoms with Crippen molar-refractivity contribution < 1.29 is 13.2 Å². The average molecular weight is 664 g/mol. The molecule has 1 amide bonds. The number of fused-ring (bicyclic) bond motifs is 2. The van der Waals surface area contributed by atoms with Crippen molar-refractivity contribution in [3.05, 3.63) is 173 Å². The molecule has 5 aromatic rings. The summed E-state index contributed by atoms with van der Waals surface area (Å²) >= 11 is 0. The summed E-state index contributed by atoms with van der Waals surface area (Å²) in [6.45, 7) is 6.31. The van der Waals surface area contributed by atoms with Gasteiger partial charge in [-0.15, -0.1) is 0 Å². The van der Waals surface area contributed by atoms with Crippen molar-refractivity contribution in [1.29, 1.82) is 0 Å². The van der Waals surface area contributed by atoms with Gasteiger partial charge in [0, 0.05) is 35.1 Å². The molecule has 0 aliphatic carbocycles.